The molecule has 1 heterocycles. The molecule has 4 fully saturated rings. The van der Waals surface area contributed by atoms with Gasteiger partial charge < -0.3 is 5.32 Å². The van der Waals surface area contributed by atoms with Crippen molar-refractivity contribution in [2.45, 2.75) is 58.0 Å². The predicted octanol–water partition coefficient (Wildman–Crippen LogP) is 3.06. The summed E-state index contributed by atoms with van der Waals surface area (Å²) in [6.07, 6.45) is 8.14. The maximum atomic E-state index is 12.6. The Balaban J connectivity index is 1.23. The molecule has 1 aromatic heterocycles. The van der Waals surface area contributed by atoms with Crippen LogP contribution >= 0.6 is 0 Å². The van der Waals surface area contributed by atoms with Gasteiger partial charge in [-0.1, -0.05) is 30.3 Å². The zero-order valence-electron chi connectivity index (χ0n) is 15.8. The zero-order chi connectivity index (χ0) is 18.4. The van der Waals surface area contributed by atoms with Gasteiger partial charge in [-0.25, -0.2) is 0 Å². The van der Waals surface area contributed by atoms with Crippen LogP contribution in [0.1, 0.15) is 45.4 Å². The number of benzene rings is 1. The largest absolute Gasteiger partial charge is 0.351 e. The van der Waals surface area contributed by atoms with Crippen LogP contribution in [-0.4, -0.2) is 32.2 Å². The van der Waals surface area contributed by atoms with Crippen molar-refractivity contribution in [3.63, 3.8) is 0 Å². The maximum Gasteiger partial charge on any atom is 0.243 e. The molecular formula is C21H27N5O. The minimum absolute atomic E-state index is 0.0183. The Bertz CT molecular complexity index is 795. The molecule has 1 N–H and O–H groups in total. The van der Waals surface area contributed by atoms with Crippen LogP contribution in [0, 0.1) is 23.2 Å². The normalized spacial score (nSPS) is 32.4. The number of rotatable bonds is 5. The Kier molecular flexibility index (Phi) is 4.02. The molecule has 0 unspecified atom stereocenters. The van der Waals surface area contributed by atoms with Crippen LogP contribution in [0.3, 0.4) is 0 Å². The highest BCUT2D eigenvalue weighted by molar-refractivity contribution is 5.76. The van der Waals surface area contributed by atoms with E-state index in [0.717, 1.165) is 23.3 Å². The minimum atomic E-state index is -0.0183. The van der Waals surface area contributed by atoms with Gasteiger partial charge in [0.05, 0.1) is 0 Å². The van der Waals surface area contributed by atoms with Crippen molar-refractivity contribution in [2.75, 3.05) is 0 Å². The van der Waals surface area contributed by atoms with Crippen LogP contribution in [0.4, 0.5) is 0 Å². The molecule has 2 aromatic rings. The molecule has 4 aliphatic carbocycles. The highest BCUT2D eigenvalue weighted by atomic mass is 16.2. The lowest BCUT2D eigenvalue weighted by Crippen LogP contribution is -2.56. The molecule has 6 heteroatoms. The average Bonchev–Trinajstić information content (AvgIpc) is 3.09. The molecule has 1 aromatic carbocycles. The number of hydrogen-bond acceptors (Lipinski definition) is 4. The van der Waals surface area contributed by atoms with Gasteiger partial charge in [0.1, 0.15) is 6.54 Å². The SMILES string of the molecule is C[C@H](NC(=O)Cn1nnc(-c2ccccc2)n1)C12CC3CC(CC(C3)C1)C2. The van der Waals surface area contributed by atoms with Crippen molar-refractivity contribution in [3.05, 3.63) is 30.3 Å². The van der Waals surface area contributed by atoms with Crippen molar-refractivity contribution in [2.24, 2.45) is 23.2 Å². The summed E-state index contributed by atoms with van der Waals surface area (Å²) in [6.45, 7) is 2.33. The molecule has 4 bridgehead atoms. The topological polar surface area (TPSA) is 72.7 Å². The molecule has 1 amide bonds. The molecule has 0 spiro atoms. The molecule has 142 valence electrons. The van der Waals surface area contributed by atoms with Crippen LogP contribution in [-0.2, 0) is 11.3 Å². The first-order valence-electron chi connectivity index (χ1n) is 10.2. The van der Waals surface area contributed by atoms with E-state index < -0.39 is 0 Å². The second-order valence-corrected chi connectivity index (χ2v) is 9.08. The second-order valence-electron chi connectivity index (χ2n) is 9.08. The molecule has 27 heavy (non-hydrogen) atoms. The van der Waals surface area contributed by atoms with Crippen molar-refractivity contribution in [1.82, 2.24) is 25.5 Å². The first-order valence-corrected chi connectivity index (χ1v) is 10.2. The average molecular weight is 365 g/mol. The second kappa shape index (κ2) is 6.43. The Labute approximate surface area is 159 Å². The fraction of sp³-hybridized carbons (Fsp3) is 0.619. The van der Waals surface area contributed by atoms with Crippen molar-refractivity contribution in [1.29, 1.82) is 0 Å². The van der Waals surface area contributed by atoms with Gasteiger partial charge in [0.25, 0.3) is 0 Å². The fourth-order valence-electron chi connectivity index (χ4n) is 6.29. The quantitative estimate of drug-likeness (QED) is 0.884. The van der Waals surface area contributed by atoms with E-state index >= 15 is 0 Å². The number of aromatic nitrogens is 4. The number of nitrogens with zero attached hydrogens (tertiary/aromatic N) is 4. The first kappa shape index (κ1) is 16.9. The monoisotopic (exact) mass is 365 g/mol. The van der Waals surface area contributed by atoms with Gasteiger partial charge >= 0.3 is 0 Å². The van der Waals surface area contributed by atoms with E-state index in [0.29, 0.717) is 11.2 Å². The highest BCUT2D eigenvalue weighted by Crippen LogP contribution is 2.61. The fourth-order valence-corrected chi connectivity index (χ4v) is 6.29. The van der Waals surface area contributed by atoms with Gasteiger partial charge in [0.2, 0.25) is 11.7 Å². The third-order valence-electron chi connectivity index (χ3n) is 7.15. The van der Waals surface area contributed by atoms with E-state index in [2.05, 4.69) is 27.7 Å². The van der Waals surface area contributed by atoms with Crippen LogP contribution in [0.25, 0.3) is 11.4 Å². The number of carbonyl (C=O) groups is 1. The van der Waals surface area contributed by atoms with Crippen LogP contribution < -0.4 is 5.32 Å². The molecule has 6 nitrogen and oxygen atoms in total. The van der Waals surface area contributed by atoms with Gasteiger partial charge in [-0.2, -0.15) is 4.80 Å². The van der Waals surface area contributed by atoms with Crippen LogP contribution in [0.2, 0.25) is 0 Å². The van der Waals surface area contributed by atoms with E-state index in [-0.39, 0.29) is 18.5 Å². The summed E-state index contributed by atoms with van der Waals surface area (Å²) in [5.41, 5.74) is 1.22. The smallest absolute Gasteiger partial charge is 0.243 e. The first-order chi connectivity index (χ1) is 13.1. The molecule has 0 radical (unpaired) electrons. The predicted molar refractivity (Wildman–Crippen MR) is 101 cm³/mol. The number of hydrogen-bond donors (Lipinski definition) is 1. The van der Waals surface area contributed by atoms with Crippen LogP contribution in [0.15, 0.2) is 30.3 Å². The molecular weight excluding hydrogens is 338 g/mol. The van der Waals surface area contributed by atoms with Gasteiger partial charge in [-0.05, 0) is 73.8 Å². The van der Waals surface area contributed by atoms with Gasteiger partial charge in [-0.15, -0.1) is 10.2 Å². The third-order valence-corrected chi connectivity index (χ3v) is 7.15. The standard InChI is InChI=1S/C21H27N5O/c1-14(21-10-15-7-16(11-21)9-17(8-15)12-21)22-19(27)13-26-24-20(23-25-26)18-5-3-2-4-6-18/h2-6,14-17H,7-13H2,1H3,(H,22,27)/t14-,15?,16?,17?,21?/m0/s1. The highest BCUT2D eigenvalue weighted by Gasteiger charge is 2.53. The lowest BCUT2D eigenvalue weighted by atomic mass is 9.48. The molecule has 4 saturated carbocycles. The molecule has 0 saturated heterocycles. The molecule has 0 aliphatic heterocycles. The molecule has 4 aliphatic rings. The Morgan fingerprint density at radius 1 is 1.15 bits per heavy atom. The van der Waals surface area contributed by atoms with Gasteiger partial charge in [0, 0.05) is 11.6 Å². The maximum absolute atomic E-state index is 12.6. The molecule has 6 rings (SSSR count). The summed E-state index contributed by atoms with van der Waals surface area (Å²) in [4.78, 5) is 14.0. The Morgan fingerprint density at radius 3 is 2.41 bits per heavy atom. The zero-order valence-corrected chi connectivity index (χ0v) is 15.8. The summed E-state index contributed by atoms with van der Waals surface area (Å²) in [6, 6.07) is 9.93. The summed E-state index contributed by atoms with van der Waals surface area (Å²) >= 11 is 0. The lowest BCUT2D eigenvalue weighted by molar-refractivity contribution is -0.126. The minimum Gasteiger partial charge on any atom is -0.351 e. The summed E-state index contributed by atoms with van der Waals surface area (Å²) in [5.74, 6) is 3.20. The number of nitrogens with one attached hydrogen (secondary N) is 1. The number of carbonyl (C=O) groups excluding carboxylic acids is 1. The number of tetrazole rings is 1. The Hall–Kier alpha value is -2.24. The van der Waals surface area contributed by atoms with Gasteiger partial charge in [-0.3, -0.25) is 4.79 Å². The summed E-state index contributed by atoms with van der Waals surface area (Å²) in [5, 5.41) is 15.7. The van der Waals surface area contributed by atoms with E-state index in [1.54, 1.807) is 0 Å². The summed E-state index contributed by atoms with van der Waals surface area (Å²) in [7, 11) is 0. The third kappa shape index (κ3) is 3.15. The van der Waals surface area contributed by atoms with E-state index in [1.165, 1.54) is 43.3 Å². The van der Waals surface area contributed by atoms with Crippen molar-refractivity contribution in [3.8, 4) is 11.4 Å². The van der Waals surface area contributed by atoms with Crippen molar-refractivity contribution < 1.29 is 4.79 Å². The van der Waals surface area contributed by atoms with E-state index in [9.17, 15) is 4.79 Å². The molecule has 1 atom stereocenters. The van der Waals surface area contributed by atoms with Gasteiger partial charge in [0.15, 0.2) is 0 Å². The summed E-state index contributed by atoms with van der Waals surface area (Å²) < 4.78 is 0. The van der Waals surface area contributed by atoms with E-state index in [4.69, 9.17) is 0 Å². The number of amides is 1. The van der Waals surface area contributed by atoms with E-state index in [1.807, 2.05) is 30.3 Å². The Morgan fingerprint density at radius 2 is 1.78 bits per heavy atom. The lowest BCUT2D eigenvalue weighted by Gasteiger charge is -2.59. The van der Waals surface area contributed by atoms with Crippen LogP contribution in [0.5, 0.6) is 0 Å². The van der Waals surface area contributed by atoms with Crippen molar-refractivity contribution >= 4 is 5.91 Å².